The third kappa shape index (κ3) is 1.61. The number of rotatable bonds is 1. The van der Waals surface area contributed by atoms with Crippen molar-refractivity contribution in [1.82, 2.24) is 0 Å². The van der Waals surface area contributed by atoms with Crippen LogP contribution in [0.4, 0.5) is 0 Å². The van der Waals surface area contributed by atoms with Crippen LogP contribution in [0.1, 0.15) is 5.56 Å². The Bertz CT molecular complexity index is 306. The lowest BCUT2D eigenvalue weighted by Crippen LogP contribution is -2.03. The van der Waals surface area contributed by atoms with Gasteiger partial charge in [0, 0.05) is 11.1 Å². The van der Waals surface area contributed by atoms with Gasteiger partial charge >= 0.3 is 0 Å². The zero-order chi connectivity index (χ0) is 8.27. The van der Waals surface area contributed by atoms with Gasteiger partial charge in [-0.1, -0.05) is 11.6 Å². The number of nitrogens with zero attached hydrogens (tertiary/aromatic N) is 1. The Morgan fingerprint density at radius 2 is 2.27 bits per heavy atom. The molecule has 56 valence electrons. The molecule has 2 N–H and O–H groups in total. The van der Waals surface area contributed by atoms with Crippen LogP contribution in [0.2, 0.25) is 5.02 Å². The Labute approximate surface area is 68.9 Å². The second kappa shape index (κ2) is 3.24. The number of nitriles is 1. The fraction of sp³-hybridized carbons (Fsp3) is 0. The van der Waals surface area contributed by atoms with Gasteiger partial charge in [-0.05, 0) is 12.1 Å². The summed E-state index contributed by atoms with van der Waals surface area (Å²) >= 11 is 5.61. The van der Waals surface area contributed by atoms with Gasteiger partial charge in [0.15, 0.2) is 5.75 Å². The van der Waals surface area contributed by atoms with Crippen LogP contribution in [0, 0.1) is 11.3 Å². The molecule has 0 bridgehead atoms. The summed E-state index contributed by atoms with van der Waals surface area (Å²) in [7, 11) is 0. The average molecular weight is 169 g/mol. The highest BCUT2D eigenvalue weighted by molar-refractivity contribution is 6.30. The van der Waals surface area contributed by atoms with Crippen molar-refractivity contribution in [3.05, 3.63) is 28.8 Å². The van der Waals surface area contributed by atoms with Gasteiger partial charge in [0.2, 0.25) is 0 Å². The molecule has 0 saturated carbocycles. The molecule has 1 aromatic carbocycles. The van der Waals surface area contributed by atoms with Crippen molar-refractivity contribution in [2.45, 2.75) is 0 Å². The van der Waals surface area contributed by atoms with E-state index >= 15 is 0 Å². The molecule has 11 heavy (non-hydrogen) atoms. The predicted molar refractivity (Wildman–Crippen MR) is 41.0 cm³/mol. The van der Waals surface area contributed by atoms with Crippen molar-refractivity contribution in [2.75, 3.05) is 0 Å². The normalized spacial score (nSPS) is 8.82. The summed E-state index contributed by atoms with van der Waals surface area (Å²) in [5.74, 6) is 5.18. The first-order valence-corrected chi connectivity index (χ1v) is 3.22. The molecule has 3 nitrogen and oxygen atoms in total. The highest BCUT2D eigenvalue weighted by atomic mass is 35.5. The standard InChI is InChI=1S/C7H5ClN2O/c8-6-2-1-5(4-9)7(3-6)11-10/h1-3H,10H2. The number of halogens is 1. The summed E-state index contributed by atoms with van der Waals surface area (Å²) in [6, 6.07) is 6.54. The lowest BCUT2D eigenvalue weighted by molar-refractivity contribution is 0.333. The zero-order valence-corrected chi connectivity index (χ0v) is 6.30. The first kappa shape index (κ1) is 7.86. The van der Waals surface area contributed by atoms with E-state index in [0.717, 1.165) is 0 Å². The molecule has 0 amide bonds. The molecule has 0 atom stereocenters. The Balaban J connectivity index is 3.19. The lowest BCUT2D eigenvalue weighted by atomic mass is 10.2. The van der Waals surface area contributed by atoms with Gasteiger partial charge in [-0.3, -0.25) is 0 Å². The minimum absolute atomic E-state index is 0.292. The predicted octanol–water partition coefficient (Wildman–Crippen LogP) is 1.46. The van der Waals surface area contributed by atoms with E-state index < -0.39 is 0 Å². The SMILES string of the molecule is N#Cc1ccc(Cl)cc1ON. The number of hydrogen-bond acceptors (Lipinski definition) is 3. The average Bonchev–Trinajstić information content (AvgIpc) is 2.04. The highest BCUT2D eigenvalue weighted by Gasteiger charge is 2.01. The summed E-state index contributed by atoms with van der Waals surface area (Å²) in [6.07, 6.45) is 0. The van der Waals surface area contributed by atoms with Crippen molar-refractivity contribution >= 4 is 11.6 Å². The van der Waals surface area contributed by atoms with Crippen molar-refractivity contribution < 1.29 is 4.84 Å². The number of nitrogens with two attached hydrogens (primary N) is 1. The van der Waals surface area contributed by atoms with Crippen LogP contribution in [0.3, 0.4) is 0 Å². The van der Waals surface area contributed by atoms with E-state index in [2.05, 4.69) is 4.84 Å². The molecule has 0 heterocycles. The van der Waals surface area contributed by atoms with E-state index in [1.54, 1.807) is 12.1 Å². The zero-order valence-electron chi connectivity index (χ0n) is 5.54. The quantitative estimate of drug-likeness (QED) is 0.646. The molecule has 0 spiro atoms. The molecule has 0 saturated heterocycles. The van der Waals surface area contributed by atoms with Gasteiger partial charge in [-0.25, -0.2) is 0 Å². The maximum absolute atomic E-state index is 8.51. The molecule has 1 aromatic rings. The molecule has 0 unspecified atom stereocenters. The van der Waals surface area contributed by atoms with Crippen molar-refractivity contribution in [3.8, 4) is 11.8 Å². The third-order valence-corrected chi connectivity index (χ3v) is 1.43. The fourth-order valence-electron chi connectivity index (χ4n) is 0.686. The molecule has 0 fully saturated rings. The van der Waals surface area contributed by atoms with Crippen LogP contribution in [-0.2, 0) is 0 Å². The minimum Gasteiger partial charge on any atom is -0.410 e. The van der Waals surface area contributed by atoms with Gasteiger partial charge in [-0.2, -0.15) is 11.2 Å². The van der Waals surface area contributed by atoms with Gasteiger partial charge in [0.05, 0.1) is 5.56 Å². The van der Waals surface area contributed by atoms with E-state index in [0.29, 0.717) is 16.3 Å². The Kier molecular flexibility index (Phi) is 2.32. The Morgan fingerprint density at radius 3 is 2.82 bits per heavy atom. The first-order chi connectivity index (χ1) is 5.27. The van der Waals surface area contributed by atoms with E-state index in [4.69, 9.17) is 22.8 Å². The molecule has 0 aromatic heterocycles. The maximum atomic E-state index is 8.51. The maximum Gasteiger partial charge on any atom is 0.166 e. The van der Waals surface area contributed by atoms with Crippen LogP contribution >= 0.6 is 11.6 Å². The highest BCUT2D eigenvalue weighted by Crippen LogP contribution is 2.21. The minimum atomic E-state index is 0.292. The summed E-state index contributed by atoms with van der Waals surface area (Å²) in [6.45, 7) is 0. The van der Waals surface area contributed by atoms with E-state index in [1.165, 1.54) is 6.07 Å². The second-order valence-electron chi connectivity index (χ2n) is 1.87. The van der Waals surface area contributed by atoms with Gasteiger partial charge in [0.25, 0.3) is 0 Å². The molecular weight excluding hydrogens is 164 g/mol. The molecule has 4 heteroatoms. The molecule has 0 aliphatic heterocycles. The van der Waals surface area contributed by atoms with Gasteiger partial charge < -0.3 is 4.84 Å². The Morgan fingerprint density at radius 1 is 1.55 bits per heavy atom. The van der Waals surface area contributed by atoms with E-state index in [-0.39, 0.29) is 0 Å². The largest absolute Gasteiger partial charge is 0.410 e. The molecule has 1 rings (SSSR count). The first-order valence-electron chi connectivity index (χ1n) is 2.84. The smallest absolute Gasteiger partial charge is 0.166 e. The van der Waals surface area contributed by atoms with E-state index in [9.17, 15) is 0 Å². The van der Waals surface area contributed by atoms with Crippen molar-refractivity contribution in [3.63, 3.8) is 0 Å². The Hall–Kier alpha value is -1.24. The van der Waals surface area contributed by atoms with Crippen molar-refractivity contribution in [2.24, 2.45) is 5.90 Å². The number of hydrogen-bond donors (Lipinski definition) is 1. The van der Waals surface area contributed by atoms with Crippen LogP contribution in [-0.4, -0.2) is 0 Å². The fourth-order valence-corrected chi connectivity index (χ4v) is 0.848. The van der Waals surface area contributed by atoms with Gasteiger partial charge in [-0.15, -0.1) is 0 Å². The van der Waals surface area contributed by atoms with Crippen LogP contribution in [0.15, 0.2) is 18.2 Å². The third-order valence-electron chi connectivity index (χ3n) is 1.19. The summed E-state index contributed by atoms with van der Waals surface area (Å²) in [4.78, 5) is 4.41. The van der Waals surface area contributed by atoms with Crippen LogP contribution in [0.25, 0.3) is 0 Å². The number of benzene rings is 1. The lowest BCUT2D eigenvalue weighted by Gasteiger charge is -1.99. The summed E-state index contributed by atoms with van der Waals surface area (Å²) < 4.78 is 0. The molecular formula is C7H5ClN2O. The van der Waals surface area contributed by atoms with Crippen molar-refractivity contribution in [1.29, 1.82) is 5.26 Å². The molecule has 0 radical (unpaired) electrons. The van der Waals surface area contributed by atoms with Crippen LogP contribution in [0.5, 0.6) is 5.75 Å². The molecule has 0 aliphatic rings. The second-order valence-corrected chi connectivity index (χ2v) is 2.31. The summed E-state index contributed by atoms with van der Waals surface area (Å²) in [5.41, 5.74) is 0.372. The van der Waals surface area contributed by atoms with E-state index in [1.807, 2.05) is 6.07 Å². The topological polar surface area (TPSA) is 59.0 Å². The molecule has 0 aliphatic carbocycles. The van der Waals surface area contributed by atoms with Crippen LogP contribution < -0.4 is 10.7 Å². The van der Waals surface area contributed by atoms with Gasteiger partial charge in [0.1, 0.15) is 6.07 Å². The monoisotopic (exact) mass is 168 g/mol. The summed E-state index contributed by atoms with van der Waals surface area (Å²) in [5, 5.41) is 9.00.